The molecule has 13 heavy (non-hydrogen) atoms. The van der Waals surface area contributed by atoms with Crippen molar-refractivity contribution in [1.82, 2.24) is 4.72 Å². The lowest BCUT2D eigenvalue weighted by atomic mass is 10.3. The molecule has 0 heterocycles. The third-order valence-corrected chi connectivity index (χ3v) is 2.90. The zero-order valence-electron chi connectivity index (χ0n) is 6.90. The molecule has 0 unspecified atom stereocenters. The molecule has 0 radical (unpaired) electrons. The summed E-state index contributed by atoms with van der Waals surface area (Å²) in [5.41, 5.74) is 11.0. The Balaban J connectivity index is 3.02. The first-order valence-corrected chi connectivity index (χ1v) is 5.10. The monoisotopic (exact) mass is 201 g/mol. The first kappa shape index (κ1) is 9.97. The topological polar surface area (TPSA) is 98.2 Å². The zero-order chi connectivity index (χ0) is 9.90. The molecule has 0 aliphatic rings. The lowest BCUT2D eigenvalue weighted by molar-refractivity contribution is 0.583. The molecular formula is C7H11N3O2S. The van der Waals surface area contributed by atoms with Crippen molar-refractivity contribution in [2.75, 3.05) is 12.4 Å². The normalized spacial score (nSPS) is 11.5. The third kappa shape index (κ3) is 2.41. The van der Waals surface area contributed by atoms with Crippen LogP contribution < -0.4 is 16.2 Å². The fourth-order valence-corrected chi connectivity index (χ4v) is 1.72. The van der Waals surface area contributed by atoms with Crippen LogP contribution in [0.5, 0.6) is 0 Å². The molecule has 5 N–H and O–H groups in total. The fraction of sp³-hybridized carbons (Fsp3) is 0.143. The predicted molar refractivity (Wildman–Crippen MR) is 50.2 cm³/mol. The number of rotatable bonds is 3. The van der Waals surface area contributed by atoms with E-state index in [1.807, 2.05) is 0 Å². The summed E-state index contributed by atoms with van der Waals surface area (Å²) in [7, 11) is -3.46. The summed E-state index contributed by atoms with van der Waals surface area (Å²) >= 11 is 0. The maximum absolute atomic E-state index is 11.3. The van der Waals surface area contributed by atoms with E-state index in [-0.39, 0.29) is 11.6 Å². The van der Waals surface area contributed by atoms with Gasteiger partial charge >= 0.3 is 0 Å². The molecule has 72 valence electrons. The molecule has 6 heteroatoms. The summed E-state index contributed by atoms with van der Waals surface area (Å²) < 4.78 is 24.8. The van der Waals surface area contributed by atoms with Crippen molar-refractivity contribution in [3.8, 4) is 0 Å². The van der Waals surface area contributed by atoms with Crippen LogP contribution in [0.15, 0.2) is 29.2 Å². The van der Waals surface area contributed by atoms with Crippen molar-refractivity contribution < 1.29 is 8.42 Å². The number of nitrogens with two attached hydrogens (primary N) is 2. The molecule has 0 atom stereocenters. The Bertz CT molecular complexity index is 371. The molecular weight excluding hydrogens is 190 g/mol. The molecule has 0 aliphatic heterocycles. The van der Waals surface area contributed by atoms with Crippen LogP contribution in [0.3, 0.4) is 0 Å². The summed E-state index contributed by atoms with van der Waals surface area (Å²) in [4.78, 5) is 0.159. The van der Waals surface area contributed by atoms with Crippen LogP contribution >= 0.6 is 0 Å². The number of hydrogen-bond donors (Lipinski definition) is 3. The van der Waals surface area contributed by atoms with E-state index in [4.69, 9.17) is 11.5 Å². The molecule has 0 aromatic heterocycles. The highest BCUT2D eigenvalue weighted by Crippen LogP contribution is 2.10. The van der Waals surface area contributed by atoms with E-state index in [1.54, 1.807) is 0 Å². The molecule has 1 rings (SSSR count). The van der Waals surface area contributed by atoms with Gasteiger partial charge in [0.1, 0.15) is 0 Å². The Morgan fingerprint density at radius 2 is 1.77 bits per heavy atom. The minimum Gasteiger partial charge on any atom is -0.399 e. The highest BCUT2D eigenvalue weighted by atomic mass is 32.2. The van der Waals surface area contributed by atoms with Gasteiger partial charge in [0, 0.05) is 5.69 Å². The molecule has 0 spiro atoms. The third-order valence-electron chi connectivity index (χ3n) is 1.46. The Morgan fingerprint density at radius 3 is 2.23 bits per heavy atom. The van der Waals surface area contributed by atoms with E-state index in [9.17, 15) is 8.42 Å². The number of anilines is 1. The van der Waals surface area contributed by atoms with E-state index in [2.05, 4.69) is 4.72 Å². The van der Waals surface area contributed by atoms with Gasteiger partial charge in [-0.3, -0.25) is 0 Å². The van der Waals surface area contributed by atoms with Gasteiger partial charge in [0.2, 0.25) is 10.0 Å². The molecule has 0 saturated carbocycles. The Labute approximate surface area is 76.8 Å². The minimum absolute atomic E-state index is 0.118. The van der Waals surface area contributed by atoms with Crippen molar-refractivity contribution in [3.05, 3.63) is 24.3 Å². The van der Waals surface area contributed by atoms with Crippen LogP contribution in [0, 0.1) is 0 Å². The summed E-state index contributed by atoms with van der Waals surface area (Å²) in [6, 6.07) is 5.89. The molecule has 0 saturated heterocycles. The largest absolute Gasteiger partial charge is 0.399 e. The minimum atomic E-state index is -3.46. The Morgan fingerprint density at radius 1 is 1.23 bits per heavy atom. The van der Waals surface area contributed by atoms with E-state index >= 15 is 0 Å². The predicted octanol–water partition coefficient (Wildman–Crippen LogP) is -0.537. The molecule has 0 amide bonds. The second-order valence-electron chi connectivity index (χ2n) is 2.42. The smallest absolute Gasteiger partial charge is 0.241 e. The standard InChI is InChI=1S/C7H11N3O2S/c8-5-10-13(11,12)7-3-1-6(9)2-4-7/h1-4,10H,5,8-9H2. The van der Waals surface area contributed by atoms with Gasteiger partial charge in [-0.1, -0.05) is 0 Å². The molecule has 0 fully saturated rings. The van der Waals surface area contributed by atoms with E-state index < -0.39 is 10.0 Å². The van der Waals surface area contributed by atoms with Crippen molar-refractivity contribution >= 4 is 15.7 Å². The number of benzene rings is 1. The summed E-state index contributed by atoms with van der Waals surface area (Å²) in [6.07, 6.45) is 0. The van der Waals surface area contributed by atoms with E-state index in [0.29, 0.717) is 5.69 Å². The summed E-state index contributed by atoms with van der Waals surface area (Å²) in [5, 5.41) is 0. The SMILES string of the molecule is NCNS(=O)(=O)c1ccc(N)cc1. The van der Waals surface area contributed by atoms with Crippen molar-refractivity contribution in [3.63, 3.8) is 0 Å². The number of hydrogen-bond acceptors (Lipinski definition) is 4. The number of sulfonamides is 1. The van der Waals surface area contributed by atoms with Crippen LogP contribution in [0.4, 0.5) is 5.69 Å². The van der Waals surface area contributed by atoms with Gasteiger partial charge < -0.3 is 11.5 Å². The fourth-order valence-electron chi connectivity index (χ4n) is 0.840. The van der Waals surface area contributed by atoms with Gasteiger partial charge in [0.05, 0.1) is 11.6 Å². The van der Waals surface area contributed by atoms with E-state index in [0.717, 1.165) is 0 Å². The first-order valence-electron chi connectivity index (χ1n) is 3.61. The van der Waals surface area contributed by atoms with Crippen LogP contribution in [0.2, 0.25) is 0 Å². The van der Waals surface area contributed by atoms with Crippen LogP contribution in [-0.4, -0.2) is 15.1 Å². The average Bonchev–Trinajstić information content (AvgIpc) is 2.05. The van der Waals surface area contributed by atoms with Gasteiger partial charge in [-0.2, -0.15) is 4.72 Å². The maximum Gasteiger partial charge on any atom is 0.241 e. The summed E-state index contributed by atoms with van der Waals surface area (Å²) in [6.45, 7) is -0.118. The molecule has 1 aromatic carbocycles. The lowest BCUT2D eigenvalue weighted by Crippen LogP contribution is -2.29. The first-order chi connectivity index (χ1) is 6.06. The molecule has 5 nitrogen and oxygen atoms in total. The van der Waals surface area contributed by atoms with Gasteiger partial charge in [0.25, 0.3) is 0 Å². The second kappa shape index (κ2) is 3.73. The maximum atomic E-state index is 11.3. The summed E-state index contributed by atoms with van der Waals surface area (Å²) in [5.74, 6) is 0. The Hall–Kier alpha value is -1.11. The van der Waals surface area contributed by atoms with Crippen molar-refractivity contribution in [2.45, 2.75) is 4.90 Å². The highest BCUT2D eigenvalue weighted by Gasteiger charge is 2.11. The van der Waals surface area contributed by atoms with E-state index in [1.165, 1.54) is 24.3 Å². The molecule has 0 aliphatic carbocycles. The van der Waals surface area contributed by atoms with Crippen LogP contribution in [0.25, 0.3) is 0 Å². The molecule has 0 bridgehead atoms. The lowest BCUT2D eigenvalue weighted by Gasteiger charge is -2.03. The van der Waals surface area contributed by atoms with Crippen molar-refractivity contribution in [1.29, 1.82) is 0 Å². The molecule has 1 aromatic rings. The Kier molecular flexibility index (Phi) is 2.86. The quantitative estimate of drug-likeness (QED) is 0.452. The van der Waals surface area contributed by atoms with Crippen LogP contribution in [0.1, 0.15) is 0 Å². The van der Waals surface area contributed by atoms with Gasteiger partial charge in [-0.15, -0.1) is 0 Å². The number of nitrogens with one attached hydrogen (secondary N) is 1. The highest BCUT2D eigenvalue weighted by molar-refractivity contribution is 7.89. The van der Waals surface area contributed by atoms with Gasteiger partial charge in [0.15, 0.2) is 0 Å². The van der Waals surface area contributed by atoms with Gasteiger partial charge in [-0.25, -0.2) is 8.42 Å². The number of nitrogen functional groups attached to an aromatic ring is 1. The zero-order valence-corrected chi connectivity index (χ0v) is 7.71. The van der Waals surface area contributed by atoms with Crippen molar-refractivity contribution in [2.24, 2.45) is 5.73 Å². The van der Waals surface area contributed by atoms with Crippen LogP contribution in [-0.2, 0) is 10.0 Å². The van der Waals surface area contributed by atoms with Gasteiger partial charge in [-0.05, 0) is 24.3 Å². The average molecular weight is 201 g/mol. The second-order valence-corrected chi connectivity index (χ2v) is 4.19.